The average molecular weight is 560 g/mol. The number of aromatic carboxylic acids is 1. The normalized spacial score (nSPS) is 12.4. The Kier molecular flexibility index (Phi) is 7.23. The second kappa shape index (κ2) is 9.54. The molecule has 0 saturated heterocycles. The van der Waals surface area contributed by atoms with Gasteiger partial charge in [0.1, 0.15) is 21.2 Å². The van der Waals surface area contributed by atoms with Crippen LogP contribution in [0.1, 0.15) is 39.4 Å². The number of alkyl halides is 1. The van der Waals surface area contributed by atoms with Crippen LogP contribution in [0, 0.1) is 5.82 Å². The van der Waals surface area contributed by atoms with E-state index in [1.807, 2.05) is 36.4 Å². The molecule has 0 aliphatic heterocycles. The van der Waals surface area contributed by atoms with Crippen LogP contribution < -0.4 is 10.2 Å². The monoisotopic (exact) mass is 559 g/mol. The number of fused-ring (bicyclic) bond motifs is 1. The number of hydrogen-bond donors (Lipinski definition) is 2. The molecule has 1 aromatic heterocycles. The summed E-state index contributed by atoms with van der Waals surface area (Å²) in [5.41, 5.74) is 0.155. The van der Waals surface area contributed by atoms with Crippen molar-refractivity contribution in [1.82, 2.24) is 4.57 Å². The molecule has 0 amide bonds. The first-order valence-electron chi connectivity index (χ1n) is 9.43. The standard InChI is InChI=1S/C22H20ClFINO5/c1-11(2)31-17-8-12(6-13-4-3-5-16(23)19(13)24)7-14-20(17)26(18(25)10-27)9-15(21(14)28)22(29)30/h3-5,7-9,11,18,27H,6,10H2,1-2H3,(H,29,30)/t18-/m1/s1. The van der Waals surface area contributed by atoms with Crippen LogP contribution in [0.25, 0.3) is 10.9 Å². The summed E-state index contributed by atoms with van der Waals surface area (Å²) < 4.78 is 21.4. The van der Waals surface area contributed by atoms with Crippen molar-refractivity contribution in [1.29, 1.82) is 0 Å². The number of halogens is 3. The number of aromatic nitrogens is 1. The Bertz CT molecular complexity index is 1210. The van der Waals surface area contributed by atoms with Crippen LogP contribution in [0.3, 0.4) is 0 Å². The number of aliphatic hydroxyl groups excluding tert-OH is 1. The van der Waals surface area contributed by atoms with Crippen LogP contribution in [-0.2, 0) is 6.42 Å². The number of carboxylic acid groups (broad SMARTS) is 1. The second-order valence-corrected chi connectivity index (χ2v) is 9.09. The van der Waals surface area contributed by atoms with Crippen molar-refractivity contribution in [2.75, 3.05) is 6.61 Å². The highest BCUT2D eigenvalue weighted by molar-refractivity contribution is 14.1. The van der Waals surface area contributed by atoms with Crippen molar-refractivity contribution in [2.45, 2.75) is 30.4 Å². The lowest BCUT2D eigenvalue weighted by Gasteiger charge is -2.21. The third-order valence-corrected chi connectivity index (χ3v) is 5.91. The third-order valence-electron chi connectivity index (χ3n) is 4.62. The molecule has 0 radical (unpaired) electrons. The van der Waals surface area contributed by atoms with E-state index in [0.717, 1.165) is 0 Å². The van der Waals surface area contributed by atoms with E-state index in [9.17, 15) is 24.2 Å². The number of pyridine rings is 1. The SMILES string of the molecule is CC(C)Oc1cc(Cc2cccc(Cl)c2F)cc2c(=O)c(C(=O)O)cn([C@@H](I)CO)c12. The quantitative estimate of drug-likeness (QED) is 0.321. The number of aliphatic hydroxyl groups is 1. The zero-order valence-corrected chi connectivity index (χ0v) is 19.6. The molecule has 2 N–H and O–H groups in total. The summed E-state index contributed by atoms with van der Waals surface area (Å²) in [7, 11) is 0. The second-order valence-electron chi connectivity index (χ2n) is 7.25. The zero-order chi connectivity index (χ0) is 22.9. The smallest absolute Gasteiger partial charge is 0.341 e. The van der Waals surface area contributed by atoms with Crippen molar-refractivity contribution in [2.24, 2.45) is 0 Å². The fourth-order valence-corrected chi connectivity index (χ4v) is 3.96. The fraction of sp³-hybridized carbons (Fsp3) is 0.273. The van der Waals surface area contributed by atoms with Gasteiger partial charge in [-0.15, -0.1) is 0 Å². The van der Waals surface area contributed by atoms with Crippen molar-refractivity contribution in [3.8, 4) is 5.75 Å². The van der Waals surface area contributed by atoms with E-state index < -0.39 is 26.8 Å². The highest BCUT2D eigenvalue weighted by Gasteiger charge is 2.22. The van der Waals surface area contributed by atoms with Crippen molar-refractivity contribution in [3.05, 3.63) is 74.3 Å². The van der Waals surface area contributed by atoms with E-state index in [-0.39, 0.29) is 29.5 Å². The number of rotatable bonds is 7. The summed E-state index contributed by atoms with van der Waals surface area (Å²) in [6.07, 6.45) is 1.09. The maximum absolute atomic E-state index is 14.4. The molecule has 0 aliphatic carbocycles. The van der Waals surface area contributed by atoms with Crippen molar-refractivity contribution < 1.29 is 24.1 Å². The lowest BCUT2D eigenvalue weighted by Crippen LogP contribution is -2.22. The summed E-state index contributed by atoms with van der Waals surface area (Å²) >= 11 is 7.84. The molecule has 1 heterocycles. The molecule has 2 aromatic carbocycles. The number of nitrogens with zero attached hydrogens (tertiary/aromatic N) is 1. The molecular formula is C22H20ClFINO5. The van der Waals surface area contributed by atoms with Gasteiger partial charge >= 0.3 is 5.97 Å². The number of carboxylic acids is 1. The summed E-state index contributed by atoms with van der Waals surface area (Å²) in [4.78, 5) is 24.7. The molecule has 3 aromatic rings. The maximum Gasteiger partial charge on any atom is 0.341 e. The van der Waals surface area contributed by atoms with Gasteiger partial charge in [-0.1, -0.05) is 46.3 Å². The van der Waals surface area contributed by atoms with Gasteiger partial charge in [-0.25, -0.2) is 9.18 Å². The topological polar surface area (TPSA) is 88.8 Å². The van der Waals surface area contributed by atoms with Crippen LogP contribution in [0.2, 0.25) is 5.02 Å². The van der Waals surface area contributed by atoms with Gasteiger partial charge in [0.2, 0.25) is 5.43 Å². The Morgan fingerprint density at radius 2 is 2.03 bits per heavy atom. The van der Waals surface area contributed by atoms with Gasteiger partial charge < -0.3 is 19.5 Å². The Hall–Kier alpha value is -2.17. The Morgan fingerprint density at radius 1 is 1.32 bits per heavy atom. The fourth-order valence-electron chi connectivity index (χ4n) is 3.32. The molecule has 31 heavy (non-hydrogen) atoms. The first-order valence-corrected chi connectivity index (χ1v) is 11.1. The van der Waals surface area contributed by atoms with Gasteiger partial charge in [-0.2, -0.15) is 0 Å². The molecule has 6 nitrogen and oxygen atoms in total. The molecule has 0 bridgehead atoms. The Morgan fingerprint density at radius 3 is 2.65 bits per heavy atom. The van der Waals surface area contributed by atoms with E-state index >= 15 is 0 Å². The largest absolute Gasteiger partial charge is 0.489 e. The highest BCUT2D eigenvalue weighted by atomic mass is 127. The first kappa shape index (κ1) is 23.5. The van der Waals surface area contributed by atoms with E-state index in [1.165, 1.54) is 22.9 Å². The van der Waals surface area contributed by atoms with E-state index in [4.69, 9.17) is 16.3 Å². The number of hydrogen-bond acceptors (Lipinski definition) is 4. The van der Waals surface area contributed by atoms with Crippen LogP contribution in [0.4, 0.5) is 4.39 Å². The molecular weight excluding hydrogens is 540 g/mol. The third kappa shape index (κ3) is 4.86. The van der Waals surface area contributed by atoms with Crippen LogP contribution in [-0.4, -0.2) is 33.5 Å². The Balaban J connectivity index is 2.34. The summed E-state index contributed by atoms with van der Waals surface area (Å²) in [6.45, 7) is 3.35. The minimum Gasteiger partial charge on any atom is -0.489 e. The molecule has 9 heteroatoms. The molecule has 0 unspecified atom stereocenters. The maximum atomic E-state index is 14.4. The molecule has 0 spiro atoms. The molecule has 0 aliphatic rings. The van der Waals surface area contributed by atoms with Crippen LogP contribution in [0.5, 0.6) is 5.75 Å². The summed E-state index contributed by atoms with van der Waals surface area (Å²) in [6, 6.07) is 7.90. The number of ether oxygens (including phenoxy) is 1. The minimum atomic E-state index is -1.38. The molecule has 0 saturated carbocycles. The number of carbonyl (C=O) groups is 1. The van der Waals surface area contributed by atoms with Crippen LogP contribution >= 0.6 is 34.2 Å². The summed E-state index contributed by atoms with van der Waals surface area (Å²) in [5.74, 6) is -1.59. The van der Waals surface area contributed by atoms with Gasteiger partial charge in [0.05, 0.1) is 28.6 Å². The minimum absolute atomic E-state index is 0.0110. The van der Waals surface area contributed by atoms with Gasteiger partial charge in [-0.3, -0.25) is 4.79 Å². The molecule has 3 rings (SSSR count). The first-order chi connectivity index (χ1) is 14.6. The number of benzene rings is 2. The summed E-state index contributed by atoms with van der Waals surface area (Å²) in [5, 5.41) is 19.3. The molecule has 1 atom stereocenters. The Labute approximate surface area is 196 Å². The van der Waals surface area contributed by atoms with E-state index in [0.29, 0.717) is 22.4 Å². The van der Waals surface area contributed by atoms with Crippen molar-refractivity contribution in [3.63, 3.8) is 0 Å². The van der Waals surface area contributed by atoms with Crippen molar-refractivity contribution >= 4 is 51.1 Å². The predicted molar refractivity (Wildman–Crippen MR) is 125 cm³/mol. The van der Waals surface area contributed by atoms with Crippen LogP contribution in [0.15, 0.2) is 41.3 Å². The average Bonchev–Trinajstić information content (AvgIpc) is 2.71. The lowest BCUT2D eigenvalue weighted by molar-refractivity contribution is 0.0694. The molecule has 0 fully saturated rings. The van der Waals surface area contributed by atoms with E-state index in [2.05, 4.69) is 0 Å². The van der Waals surface area contributed by atoms with Gasteiger partial charge in [0.25, 0.3) is 0 Å². The van der Waals surface area contributed by atoms with E-state index in [1.54, 1.807) is 18.2 Å². The van der Waals surface area contributed by atoms with Gasteiger partial charge in [-0.05, 0) is 43.2 Å². The lowest BCUT2D eigenvalue weighted by atomic mass is 10.0. The van der Waals surface area contributed by atoms with Gasteiger partial charge in [0.15, 0.2) is 0 Å². The molecule has 164 valence electrons. The predicted octanol–water partition coefficient (Wildman–Crippen LogP) is 4.80. The highest BCUT2D eigenvalue weighted by Crippen LogP contribution is 2.33. The zero-order valence-electron chi connectivity index (χ0n) is 16.7. The van der Waals surface area contributed by atoms with Gasteiger partial charge in [0, 0.05) is 12.6 Å².